The fraction of sp³-hybridized carbons (Fsp3) is 0.292. The number of nitriles is 2. The van der Waals surface area contributed by atoms with Gasteiger partial charge in [-0.2, -0.15) is 10.5 Å². The van der Waals surface area contributed by atoms with Crippen LogP contribution in [0.15, 0.2) is 97.6 Å². The molecule has 9 rings (SSSR count). The molecule has 3 aliphatic heterocycles. The van der Waals surface area contributed by atoms with Crippen molar-refractivity contribution in [3.63, 3.8) is 0 Å². The van der Waals surface area contributed by atoms with Gasteiger partial charge in [0.1, 0.15) is 29.9 Å². The molecular weight excluding hydrogens is 838 g/mol. The van der Waals surface area contributed by atoms with E-state index in [9.17, 15) is 24.5 Å². The van der Waals surface area contributed by atoms with Crippen molar-refractivity contribution >= 4 is 46.7 Å². The molecule has 0 radical (unpaired) electrons. The minimum atomic E-state index is -0.901. The standard InChI is InChI=1S/C27H29FN8O.C21H19N7O/c1-35-10-7-22(8-11-35)32-26(37)18-3-2-4-23(14-18)33-27-30-9-5-24(34-27)20-13-19(15-29)25(31-16-20)36-12-6-21(28)17-36;22-12-15-10-16(13-25-20(15)28-8-1-2-9-28)18-6-7-24-21(27-18)26-17-5-3-4-14(11-17)19(23)29/h2-5,9,13-14,16,21-22H,6-8,10-12,17H2,1H3,(H,32,37)(H,30,33,34);3-7,10-11,13H,1-2,8-9H2,(H2,23,29)(H,24,26,27)/t21-;/m0./s1. The van der Waals surface area contributed by atoms with E-state index in [-0.39, 0.29) is 18.5 Å². The summed E-state index contributed by atoms with van der Waals surface area (Å²) in [5, 5.41) is 28.6. The Bertz CT molecular complexity index is 2800. The van der Waals surface area contributed by atoms with Crippen molar-refractivity contribution in [2.24, 2.45) is 5.73 Å². The summed E-state index contributed by atoms with van der Waals surface area (Å²) < 4.78 is 13.7. The Morgan fingerprint density at radius 1 is 0.697 bits per heavy atom. The SMILES string of the molecule is CN1CCC(NC(=O)c2cccc(Nc3nccc(-c4cnc(N5CC[C@H](F)C5)c(C#N)c4)n3)c2)CC1.N#Cc1cc(-c2ccnc(Nc3cccc(C(N)=O)c3)n2)cnc1N1CCCC1. The average Bonchev–Trinajstić information content (AvgIpc) is 4.05. The molecule has 4 aromatic heterocycles. The summed E-state index contributed by atoms with van der Waals surface area (Å²) in [5.74, 6) is 1.34. The number of halogens is 1. The molecule has 18 heteroatoms. The maximum absolute atomic E-state index is 13.7. The maximum Gasteiger partial charge on any atom is 0.251 e. The van der Waals surface area contributed by atoms with Gasteiger partial charge >= 0.3 is 0 Å². The minimum Gasteiger partial charge on any atom is -0.366 e. The second-order valence-electron chi connectivity index (χ2n) is 16.3. The van der Waals surface area contributed by atoms with Crippen molar-refractivity contribution in [3.8, 4) is 34.7 Å². The Hall–Kier alpha value is -8.09. The second-order valence-corrected chi connectivity index (χ2v) is 16.3. The molecule has 2 aromatic carbocycles. The number of hydrogen-bond acceptors (Lipinski definition) is 15. The van der Waals surface area contributed by atoms with Crippen molar-refractivity contribution < 1.29 is 14.0 Å². The molecule has 1 atom stereocenters. The van der Waals surface area contributed by atoms with Crippen molar-refractivity contribution in [3.05, 3.63) is 120 Å². The molecule has 3 saturated heterocycles. The molecule has 0 bridgehead atoms. The number of piperidine rings is 1. The zero-order chi connectivity index (χ0) is 46.0. The molecule has 0 spiro atoms. The zero-order valence-electron chi connectivity index (χ0n) is 36.4. The molecule has 17 nitrogen and oxygen atoms in total. The third-order valence-electron chi connectivity index (χ3n) is 11.6. The first-order valence-corrected chi connectivity index (χ1v) is 21.8. The van der Waals surface area contributed by atoms with E-state index in [0.717, 1.165) is 63.2 Å². The van der Waals surface area contributed by atoms with E-state index in [1.165, 1.54) is 0 Å². The number of carbonyl (C=O) groups is 2. The topological polar surface area (TPSA) is 231 Å². The van der Waals surface area contributed by atoms with Crippen molar-refractivity contribution in [1.82, 2.24) is 40.1 Å². The lowest BCUT2D eigenvalue weighted by atomic mass is 10.0. The summed E-state index contributed by atoms with van der Waals surface area (Å²) in [6, 6.07) is 25.7. The number of carbonyl (C=O) groups excluding carboxylic acids is 2. The van der Waals surface area contributed by atoms with Crippen LogP contribution in [0, 0.1) is 22.7 Å². The first-order chi connectivity index (χ1) is 32.1. The fourth-order valence-electron chi connectivity index (χ4n) is 8.03. The molecule has 3 fully saturated rings. The summed E-state index contributed by atoms with van der Waals surface area (Å²) in [6.45, 7) is 4.59. The molecule has 66 heavy (non-hydrogen) atoms. The predicted molar refractivity (Wildman–Crippen MR) is 249 cm³/mol. The number of hydrogen-bond donors (Lipinski definition) is 4. The van der Waals surface area contributed by atoms with Gasteiger partial charge in [0.25, 0.3) is 5.91 Å². The molecule has 3 aliphatic rings. The van der Waals surface area contributed by atoms with Gasteiger partial charge in [0.2, 0.25) is 17.8 Å². The zero-order valence-corrected chi connectivity index (χ0v) is 36.4. The molecule has 0 saturated carbocycles. The van der Waals surface area contributed by atoms with Crippen LogP contribution in [0.25, 0.3) is 22.5 Å². The second kappa shape index (κ2) is 20.6. The number of nitrogens with zero attached hydrogens (tertiary/aromatic N) is 11. The van der Waals surface area contributed by atoms with Gasteiger partial charge in [-0.3, -0.25) is 9.59 Å². The van der Waals surface area contributed by atoms with E-state index in [1.807, 2.05) is 12.1 Å². The number of aromatic nitrogens is 6. The Labute approximate surface area is 381 Å². The Balaban J connectivity index is 0.000000185. The van der Waals surface area contributed by atoms with Crippen molar-refractivity contribution in [2.75, 3.05) is 66.7 Å². The highest BCUT2D eigenvalue weighted by molar-refractivity contribution is 5.95. The molecule has 7 heterocycles. The lowest BCUT2D eigenvalue weighted by Crippen LogP contribution is -2.43. The van der Waals surface area contributed by atoms with Crippen LogP contribution in [0.2, 0.25) is 0 Å². The Morgan fingerprint density at radius 3 is 1.77 bits per heavy atom. The van der Waals surface area contributed by atoms with Crippen LogP contribution in [0.5, 0.6) is 0 Å². The number of alkyl halides is 1. The van der Waals surface area contributed by atoms with E-state index < -0.39 is 12.1 Å². The third-order valence-corrected chi connectivity index (χ3v) is 11.6. The molecule has 6 aromatic rings. The van der Waals surface area contributed by atoms with E-state index in [4.69, 9.17) is 5.73 Å². The first-order valence-electron chi connectivity index (χ1n) is 21.8. The maximum atomic E-state index is 13.7. The van der Waals surface area contributed by atoms with Crippen LogP contribution in [0.4, 0.5) is 39.3 Å². The van der Waals surface area contributed by atoms with Gasteiger partial charge in [-0.25, -0.2) is 34.3 Å². The Morgan fingerprint density at radius 2 is 1.24 bits per heavy atom. The summed E-state index contributed by atoms with van der Waals surface area (Å²) in [6.07, 6.45) is 10.3. The minimum absolute atomic E-state index is 0.0971. The molecule has 2 amide bonds. The highest BCUT2D eigenvalue weighted by atomic mass is 19.1. The summed E-state index contributed by atoms with van der Waals surface area (Å²) in [5.41, 5.74) is 11.2. The van der Waals surface area contributed by atoms with Gasteiger partial charge < -0.3 is 36.4 Å². The number of primary amides is 1. The van der Waals surface area contributed by atoms with E-state index in [1.54, 1.807) is 90.4 Å². The summed E-state index contributed by atoms with van der Waals surface area (Å²) in [4.78, 5) is 57.0. The fourth-order valence-corrected chi connectivity index (χ4v) is 8.03. The number of pyridine rings is 2. The van der Waals surface area contributed by atoms with Gasteiger partial charge in [0.15, 0.2) is 0 Å². The smallest absolute Gasteiger partial charge is 0.251 e. The van der Waals surface area contributed by atoms with Gasteiger partial charge in [-0.15, -0.1) is 0 Å². The molecule has 5 N–H and O–H groups in total. The van der Waals surface area contributed by atoms with Crippen LogP contribution < -0.4 is 31.5 Å². The van der Waals surface area contributed by atoms with Crippen LogP contribution in [0.1, 0.15) is 63.9 Å². The van der Waals surface area contributed by atoms with Gasteiger partial charge in [-0.05, 0) is 113 Å². The quantitative estimate of drug-likeness (QED) is 0.111. The third kappa shape index (κ3) is 11.0. The Kier molecular flexibility index (Phi) is 13.9. The van der Waals surface area contributed by atoms with Crippen LogP contribution in [0.3, 0.4) is 0 Å². The molecule has 334 valence electrons. The first kappa shape index (κ1) is 44.5. The van der Waals surface area contributed by atoms with Crippen LogP contribution >= 0.6 is 0 Å². The van der Waals surface area contributed by atoms with Gasteiger partial charge in [0.05, 0.1) is 29.1 Å². The van der Waals surface area contributed by atoms with E-state index in [2.05, 4.69) is 74.8 Å². The van der Waals surface area contributed by atoms with Gasteiger partial charge in [-0.1, -0.05) is 12.1 Å². The number of rotatable bonds is 11. The lowest BCUT2D eigenvalue weighted by Gasteiger charge is -2.29. The van der Waals surface area contributed by atoms with E-state index >= 15 is 0 Å². The van der Waals surface area contributed by atoms with E-state index in [0.29, 0.717) is 81.3 Å². The van der Waals surface area contributed by atoms with Crippen molar-refractivity contribution in [2.45, 2.75) is 44.3 Å². The van der Waals surface area contributed by atoms with Crippen LogP contribution in [-0.4, -0.2) is 105 Å². The van der Waals surface area contributed by atoms with Crippen LogP contribution in [-0.2, 0) is 0 Å². The largest absolute Gasteiger partial charge is 0.366 e. The molecule has 0 aliphatic carbocycles. The summed E-state index contributed by atoms with van der Waals surface area (Å²) in [7, 11) is 2.09. The summed E-state index contributed by atoms with van der Waals surface area (Å²) >= 11 is 0. The average molecular weight is 886 g/mol. The number of nitrogens with two attached hydrogens (primary N) is 1. The highest BCUT2D eigenvalue weighted by Gasteiger charge is 2.26. The number of nitrogens with one attached hydrogen (secondary N) is 3. The van der Waals surface area contributed by atoms with Gasteiger partial charge in [0, 0.05) is 84.1 Å². The molecular formula is C48H48FN15O2. The van der Waals surface area contributed by atoms with Crippen molar-refractivity contribution in [1.29, 1.82) is 10.5 Å². The number of benzene rings is 2. The monoisotopic (exact) mass is 885 g/mol. The normalized spacial score (nSPS) is 16.1. The number of anilines is 6. The predicted octanol–water partition coefficient (Wildman–Crippen LogP) is 6.38. The lowest BCUT2D eigenvalue weighted by molar-refractivity contribution is 0.0916. The molecule has 0 unspecified atom stereocenters. The number of amides is 2. The highest BCUT2D eigenvalue weighted by Crippen LogP contribution is 2.29. The number of likely N-dealkylation sites (tertiary alicyclic amines) is 1.